The van der Waals surface area contributed by atoms with Crippen molar-refractivity contribution in [1.29, 1.82) is 0 Å². The highest BCUT2D eigenvalue weighted by molar-refractivity contribution is 6.31. The van der Waals surface area contributed by atoms with Crippen LogP contribution in [-0.2, 0) is 44.7 Å². The number of rotatable bonds is 18. The molecule has 6 aromatic carbocycles. The third kappa shape index (κ3) is 22.4. The maximum Gasteiger partial charge on any atom is 0.320 e. The predicted octanol–water partition coefficient (Wildman–Crippen LogP) is 4.14. The van der Waals surface area contributed by atoms with E-state index in [-0.39, 0.29) is 12.1 Å². The molecule has 84 heavy (non-hydrogen) atoms. The Labute approximate surface area is 498 Å². The number of aliphatic hydroxyl groups is 9. The number of aliphatic hydroxyl groups excluding tert-OH is 9. The molecule has 2 saturated heterocycles. The normalized spacial score (nSPS) is 22.1. The topological polar surface area (TPSA) is 377 Å². The highest BCUT2D eigenvalue weighted by Crippen LogP contribution is 2.36. The summed E-state index contributed by atoms with van der Waals surface area (Å²) in [7, 11) is 0. The average molecular weight is 1210 g/mol. The molecule has 2 aliphatic rings. The number of nitrogens with two attached hydrogens (primary N) is 2. The van der Waals surface area contributed by atoms with E-state index < -0.39 is 98.3 Å². The Morgan fingerprint density at radius 1 is 0.488 bits per heavy atom. The highest BCUT2D eigenvalue weighted by Gasteiger charge is 2.45. The first-order valence-corrected chi connectivity index (χ1v) is 27.7. The van der Waals surface area contributed by atoms with Gasteiger partial charge in [-0.2, -0.15) is 0 Å². The summed E-state index contributed by atoms with van der Waals surface area (Å²) in [4.78, 5) is 20.8. The quantitative estimate of drug-likeness (QED) is 0.0575. The molecule has 12 atom stereocenters. The van der Waals surface area contributed by atoms with Gasteiger partial charge in [-0.25, -0.2) is 0 Å². The van der Waals surface area contributed by atoms with Crippen molar-refractivity contribution in [3.63, 3.8) is 0 Å². The molecule has 8 rings (SSSR count). The molecule has 2 fully saturated rings. The van der Waals surface area contributed by atoms with Crippen molar-refractivity contribution < 1.29 is 90.2 Å². The van der Waals surface area contributed by atoms with E-state index in [4.69, 9.17) is 68.9 Å². The minimum atomic E-state index is -1.42. The van der Waals surface area contributed by atoms with E-state index in [9.17, 15) is 50.4 Å². The Balaban J connectivity index is 0.000000307. The van der Waals surface area contributed by atoms with Gasteiger partial charge in [0.1, 0.15) is 84.6 Å². The van der Waals surface area contributed by atoms with Gasteiger partial charge in [-0.3, -0.25) is 9.59 Å². The minimum absolute atomic E-state index is 0. The zero-order chi connectivity index (χ0) is 61.2. The number of ether oxygens (including phenoxy) is 4. The molecule has 6 aromatic rings. The second-order valence-electron chi connectivity index (χ2n) is 19.3. The lowest BCUT2D eigenvalue weighted by atomic mass is 9.90. The second kappa shape index (κ2) is 37.3. The van der Waals surface area contributed by atoms with Crippen LogP contribution in [0, 0.1) is 0 Å². The van der Waals surface area contributed by atoms with Gasteiger partial charge >= 0.3 is 11.9 Å². The van der Waals surface area contributed by atoms with Crippen molar-refractivity contribution >= 4 is 35.1 Å². The number of benzene rings is 6. The first kappa shape index (κ1) is 72.1. The van der Waals surface area contributed by atoms with Crippen LogP contribution in [0.5, 0.6) is 11.5 Å². The molecular formula is C62H80Cl2N2O18. The van der Waals surface area contributed by atoms with Crippen molar-refractivity contribution in [2.45, 2.75) is 120 Å². The molecule has 0 spiro atoms. The largest absolute Gasteiger partial charge is 0.494 e. The number of hydrogen-bond acceptors (Lipinski definition) is 17. The van der Waals surface area contributed by atoms with Gasteiger partial charge in [0.15, 0.2) is 0 Å². The smallest absolute Gasteiger partial charge is 0.320 e. The molecular weight excluding hydrogens is 1130 g/mol. The molecule has 0 unspecified atom stereocenters. The van der Waals surface area contributed by atoms with Crippen molar-refractivity contribution in [2.75, 3.05) is 33.0 Å². The van der Waals surface area contributed by atoms with Gasteiger partial charge in [-0.15, -0.1) is 0 Å². The summed E-state index contributed by atoms with van der Waals surface area (Å²) in [6.45, 7) is 6.07. The Morgan fingerprint density at radius 2 is 0.810 bits per heavy atom. The standard InChI is InChI=1S/2C21H25ClO6.2C9H11NO2.C2H6O.H2O/c2*1-2-27-15-6-3-12(4-7-15)9-14-10-13(5-8-16(14)22)21-20(26)19(25)18(24)17(11-23)28-21;2*10-8(9(11)12)6-7-4-2-1-3-5-7;1-2-3;/h2*3-8,10,17-21,23-26H,2,9,11H2,1H3;2*1-5,8H,6,10H2,(H,11,12);3H,2H2,1H3;1H2/t2*17-,18-,19+,20-,21+;2*8-;;/m1100../s1. The van der Waals surface area contributed by atoms with Crippen LogP contribution in [0.3, 0.4) is 0 Å². The Bertz CT molecular complexity index is 2630. The van der Waals surface area contributed by atoms with E-state index in [1.54, 1.807) is 31.2 Å². The van der Waals surface area contributed by atoms with E-state index in [1.165, 1.54) is 0 Å². The van der Waals surface area contributed by atoms with Gasteiger partial charge in [0.25, 0.3) is 0 Å². The van der Waals surface area contributed by atoms with Crippen LogP contribution in [0.15, 0.2) is 146 Å². The maximum absolute atomic E-state index is 10.4. The maximum atomic E-state index is 10.4. The fourth-order valence-electron chi connectivity index (χ4n) is 8.66. The van der Waals surface area contributed by atoms with E-state index in [0.717, 1.165) is 44.9 Å². The zero-order valence-electron chi connectivity index (χ0n) is 46.9. The summed E-state index contributed by atoms with van der Waals surface area (Å²) in [6, 6.07) is 43.0. The number of carboxylic acids is 2. The van der Waals surface area contributed by atoms with Gasteiger partial charge < -0.3 is 92.1 Å². The van der Waals surface area contributed by atoms with Crippen molar-refractivity contribution in [3.8, 4) is 11.5 Å². The van der Waals surface area contributed by atoms with Crippen LogP contribution in [0.2, 0.25) is 10.0 Å². The summed E-state index contributed by atoms with van der Waals surface area (Å²) in [5.74, 6) is -0.322. The number of carbonyl (C=O) groups is 2. The summed E-state index contributed by atoms with van der Waals surface area (Å²) >= 11 is 12.7. The van der Waals surface area contributed by atoms with Gasteiger partial charge in [-0.1, -0.05) is 132 Å². The summed E-state index contributed by atoms with van der Waals surface area (Å²) in [5.41, 5.74) is 17.6. The fourth-order valence-corrected chi connectivity index (χ4v) is 9.03. The number of hydrogen-bond donors (Lipinski definition) is 13. The third-order valence-electron chi connectivity index (χ3n) is 13.1. The summed E-state index contributed by atoms with van der Waals surface area (Å²) < 4.78 is 22.2. The van der Waals surface area contributed by atoms with Crippen LogP contribution in [-0.4, -0.2) is 168 Å². The van der Waals surface area contributed by atoms with Gasteiger partial charge in [-0.05, 0) is 127 Å². The molecule has 0 bridgehead atoms. The van der Waals surface area contributed by atoms with E-state index in [1.807, 2.05) is 135 Å². The molecule has 17 N–H and O–H groups in total. The first-order chi connectivity index (χ1) is 39.7. The second-order valence-corrected chi connectivity index (χ2v) is 20.1. The highest BCUT2D eigenvalue weighted by atomic mass is 35.5. The first-order valence-electron chi connectivity index (χ1n) is 27.0. The molecule has 0 amide bonds. The fraction of sp³-hybridized carbons (Fsp3) is 0.387. The molecule has 2 aliphatic heterocycles. The van der Waals surface area contributed by atoms with Gasteiger partial charge in [0.05, 0.1) is 26.4 Å². The zero-order valence-corrected chi connectivity index (χ0v) is 48.4. The van der Waals surface area contributed by atoms with Gasteiger partial charge in [0.2, 0.25) is 0 Å². The van der Waals surface area contributed by atoms with Crippen molar-refractivity contribution in [3.05, 3.63) is 200 Å². The molecule has 0 saturated carbocycles. The number of carboxylic acid groups (broad SMARTS) is 2. The van der Waals surface area contributed by atoms with Crippen LogP contribution < -0.4 is 20.9 Å². The van der Waals surface area contributed by atoms with E-state index in [0.29, 0.717) is 60.1 Å². The number of aliphatic carboxylic acids is 2. The monoisotopic (exact) mass is 1210 g/mol. The SMILES string of the molecule is CCO.CCOc1ccc(Cc2cc([C@@H]3O[C@H](CO)[C@@H](O)[C@H](O)[C@H]3O)ccc2Cl)cc1.CCOc1ccc(Cc2cc([C@@H]3O[C@H](CO)[C@@H](O)[C@H](O)[C@H]3O)ccc2Cl)cc1.N[C@@H](Cc1ccccc1)C(=O)O.N[C@@H](Cc1ccccc1)C(=O)O.O. The minimum Gasteiger partial charge on any atom is -0.494 e. The van der Waals surface area contributed by atoms with Crippen LogP contribution >= 0.6 is 23.2 Å². The van der Waals surface area contributed by atoms with Crippen LogP contribution in [0.4, 0.5) is 0 Å². The lowest BCUT2D eigenvalue weighted by Gasteiger charge is -2.40. The molecule has 2 heterocycles. The average Bonchev–Trinajstić information content (AvgIpc) is 3.64. The van der Waals surface area contributed by atoms with Crippen molar-refractivity contribution in [1.82, 2.24) is 0 Å². The molecule has 0 aliphatic carbocycles. The summed E-state index contributed by atoms with van der Waals surface area (Å²) in [6.07, 6.45) is -10.0. The van der Waals surface area contributed by atoms with E-state index >= 15 is 0 Å². The van der Waals surface area contributed by atoms with Crippen LogP contribution in [0.1, 0.15) is 77.5 Å². The molecule has 460 valence electrons. The van der Waals surface area contributed by atoms with Crippen molar-refractivity contribution in [2.24, 2.45) is 11.5 Å². The molecule has 22 heteroatoms. The third-order valence-corrected chi connectivity index (χ3v) is 13.8. The lowest BCUT2D eigenvalue weighted by molar-refractivity contribution is -0.231. The molecule has 0 aromatic heterocycles. The number of halogens is 2. The Hall–Kier alpha value is -6.12. The Kier molecular flexibility index (Phi) is 32.1. The summed E-state index contributed by atoms with van der Waals surface area (Å²) in [5, 5.41) is 105. The van der Waals surface area contributed by atoms with E-state index in [2.05, 4.69) is 0 Å². The molecule has 0 radical (unpaired) electrons. The predicted molar refractivity (Wildman–Crippen MR) is 317 cm³/mol. The van der Waals surface area contributed by atoms with Crippen LogP contribution in [0.25, 0.3) is 0 Å². The van der Waals surface area contributed by atoms with Gasteiger partial charge in [0, 0.05) is 16.7 Å². The molecule has 20 nitrogen and oxygen atoms in total. The lowest BCUT2D eigenvalue weighted by Crippen LogP contribution is -2.55. The Morgan fingerprint density at radius 3 is 1.10 bits per heavy atom.